The number of amides is 1. The van der Waals surface area contributed by atoms with Crippen molar-refractivity contribution in [2.45, 2.75) is 40.0 Å². The van der Waals surface area contributed by atoms with Gasteiger partial charge in [0.05, 0.1) is 5.69 Å². The second kappa shape index (κ2) is 6.66. The number of unbranched alkanes of at least 4 members (excludes halogenated alkanes) is 1. The Morgan fingerprint density at radius 1 is 1.35 bits per heavy atom. The van der Waals surface area contributed by atoms with E-state index in [-0.39, 0.29) is 5.91 Å². The lowest BCUT2D eigenvalue weighted by molar-refractivity contribution is -0.116. The van der Waals surface area contributed by atoms with Gasteiger partial charge in [0, 0.05) is 17.4 Å². The zero-order valence-electron chi connectivity index (χ0n) is 12.2. The molecule has 1 N–H and O–H groups in total. The second-order valence-corrected chi connectivity index (χ2v) is 5.87. The van der Waals surface area contributed by atoms with Gasteiger partial charge in [-0.3, -0.25) is 4.79 Å². The molecule has 0 unspecified atom stereocenters. The van der Waals surface area contributed by atoms with Gasteiger partial charge in [-0.25, -0.2) is 4.98 Å². The van der Waals surface area contributed by atoms with Crippen molar-refractivity contribution in [2.75, 3.05) is 5.32 Å². The van der Waals surface area contributed by atoms with Crippen molar-refractivity contribution in [1.29, 1.82) is 0 Å². The Morgan fingerprint density at radius 2 is 2.15 bits per heavy atom. The Labute approximate surface area is 124 Å². The van der Waals surface area contributed by atoms with Crippen LogP contribution >= 0.6 is 11.3 Å². The lowest BCUT2D eigenvalue weighted by Gasteiger charge is -2.03. The van der Waals surface area contributed by atoms with Gasteiger partial charge >= 0.3 is 0 Å². The van der Waals surface area contributed by atoms with Crippen LogP contribution in [-0.4, -0.2) is 10.9 Å². The molecule has 0 radical (unpaired) electrons. The molecule has 2 aromatic rings. The van der Waals surface area contributed by atoms with Gasteiger partial charge < -0.3 is 5.32 Å². The smallest absolute Gasteiger partial charge is 0.226 e. The van der Waals surface area contributed by atoms with Gasteiger partial charge in [-0.15, -0.1) is 11.3 Å². The average molecular weight is 288 g/mol. The zero-order valence-corrected chi connectivity index (χ0v) is 13.0. The van der Waals surface area contributed by atoms with Gasteiger partial charge in [0.15, 0.2) is 5.13 Å². The lowest BCUT2D eigenvalue weighted by atomic mass is 10.0. The van der Waals surface area contributed by atoms with Gasteiger partial charge in [0.25, 0.3) is 0 Å². The Bertz CT molecular complexity index is 604. The molecule has 0 atom stereocenters. The Hall–Kier alpha value is -1.68. The summed E-state index contributed by atoms with van der Waals surface area (Å²) >= 11 is 1.48. The van der Waals surface area contributed by atoms with E-state index in [1.165, 1.54) is 22.5 Å². The molecule has 0 aliphatic carbocycles. The molecule has 1 aromatic carbocycles. The van der Waals surface area contributed by atoms with Gasteiger partial charge in [-0.05, 0) is 25.8 Å². The Kier molecular flexibility index (Phi) is 4.90. The van der Waals surface area contributed by atoms with Crippen LogP contribution in [0.4, 0.5) is 5.13 Å². The highest BCUT2D eigenvalue weighted by Crippen LogP contribution is 2.28. The third-order valence-electron chi connectivity index (χ3n) is 3.17. The normalized spacial score (nSPS) is 10.6. The first kappa shape index (κ1) is 14.7. The van der Waals surface area contributed by atoms with Crippen LogP contribution in [0.3, 0.4) is 0 Å². The molecule has 0 spiro atoms. The molecule has 4 heteroatoms. The number of nitrogens with one attached hydrogen (secondary N) is 1. The molecule has 0 saturated heterocycles. The molecular formula is C16H20N2OS. The van der Waals surface area contributed by atoms with Crippen LogP contribution in [-0.2, 0) is 4.79 Å². The first-order valence-electron chi connectivity index (χ1n) is 6.93. The van der Waals surface area contributed by atoms with Gasteiger partial charge in [-0.1, -0.05) is 37.1 Å². The van der Waals surface area contributed by atoms with Crippen molar-refractivity contribution >= 4 is 22.4 Å². The molecule has 1 aromatic heterocycles. The quantitative estimate of drug-likeness (QED) is 0.876. The summed E-state index contributed by atoms with van der Waals surface area (Å²) in [6.07, 6.45) is 2.51. The highest BCUT2D eigenvalue weighted by atomic mass is 32.1. The van der Waals surface area contributed by atoms with Crippen LogP contribution < -0.4 is 5.32 Å². The third-order valence-corrected chi connectivity index (χ3v) is 3.92. The Morgan fingerprint density at radius 3 is 2.85 bits per heavy atom. The summed E-state index contributed by atoms with van der Waals surface area (Å²) in [6.45, 7) is 6.24. The standard InChI is InChI=1S/C16H20N2OS/c1-4-5-6-15(19)18-16-17-14(10-20-16)13-8-7-11(2)9-12(13)3/h7-10H,4-6H2,1-3H3,(H,17,18,19). The summed E-state index contributed by atoms with van der Waals surface area (Å²) in [4.78, 5) is 16.2. The molecule has 3 nitrogen and oxygen atoms in total. The van der Waals surface area contributed by atoms with Crippen LogP contribution in [0.2, 0.25) is 0 Å². The maximum Gasteiger partial charge on any atom is 0.226 e. The molecule has 106 valence electrons. The lowest BCUT2D eigenvalue weighted by Crippen LogP contribution is -2.10. The fraction of sp³-hybridized carbons (Fsp3) is 0.375. The van der Waals surface area contributed by atoms with Crippen LogP contribution in [0.5, 0.6) is 0 Å². The molecule has 0 aliphatic rings. The number of benzene rings is 1. The molecule has 2 rings (SSSR count). The maximum absolute atomic E-state index is 11.7. The fourth-order valence-corrected chi connectivity index (χ4v) is 2.80. The summed E-state index contributed by atoms with van der Waals surface area (Å²) in [5.41, 5.74) is 4.51. The van der Waals surface area contributed by atoms with E-state index in [2.05, 4.69) is 49.3 Å². The molecule has 20 heavy (non-hydrogen) atoms. The molecule has 0 fully saturated rings. The minimum atomic E-state index is 0.0494. The van der Waals surface area contributed by atoms with E-state index in [0.29, 0.717) is 11.6 Å². The summed E-state index contributed by atoms with van der Waals surface area (Å²) in [7, 11) is 0. The second-order valence-electron chi connectivity index (χ2n) is 5.01. The molecule has 0 saturated carbocycles. The first-order valence-corrected chi connectivity index (χ1v) is 7.81. The molecule has 0 aliphatic heterocycles. The van der Waals surface area contributed by atoms with Crippen molar-refractivity contribution < 1.29 is 4.79 Å². The Balaban J connectivity index is 2.10. The maximum atomic E-state index is 11.7. The van der Waals surface area contributed by atoms with Crippen molar-refractivity contribution in [2.24, 2.45) is 0 Å². The summed E-state index contributed by atoms with van der Waals surface area (Å²) in [6, 6.07) is 6.32. The highest BCUT2D eigenvalue weighted by molar-refractivity contribution is 7.14. The first-order chi connectivity index (χ1) is 9.60. The van der Waals surface area contributed by atoms with Gasteiger partial charge in [0.2, 0.25) is 5.91 Å². The minimum Gasteiger partial charge on any atom is -0.302 e. The predicted molar refractivity (Wildman–Crippen MR) is 85.2 cm³/mol. The number of aryl methyl sites for hydroxylation is 2. The van der Waals surface area contributed by atoms with Crippen LogP contribution in [0.1, 0.15) is 37.3 Å². The number of hydrogen-bond acceptors (Lipinski definition) is 3. The van der Waals surface area contributed by atoms with E-state index in [1.54, 1.807) is 0 Å². The van der Waals surface area contributed by atoms with Crippen LogP contribution in [0.25, 0.3) is 11.3 Å². The van der Waals surface area contributed by atoms with E-state index < -0.39 is 0 Å². The average Bonchev–Trinajstić information content (AvgIpc) is 2.84. The molecule has 1 heterocycles. The summed E-state index contributed by atoms with van der Waals surface area (Å²) in [5.74, 6) is 0.0494. The fourth-order valence-electron chi connectivity index (χ4n) is 2.07. The summed E-state index contributed by atoms with van der Waals surface area (Å²) < 4.78 is 0. The highest BCUT2D eigenvalue weighted by Gasteiger charge is 2.09. The number of carbonyl (C=O) groups is 1. The number of anilines is 1. The number of thiazole rings is 1. The van der Waals surface area contributed by atoms with Gasteiger partial charge in [-0.2, -0.15) is 0 Å². The SMILES string of the molecule is CCCCC(=O)Nc1nc(-c2ccc(C)cc2C)cs1. The van der Waals surface area contributed by atoms with Crippen molar-refractivity contribution in [3.8, 4) is 11.3 Å². The minimum absolute atomic E-state index is 0.0494. The van der Waals surface area contributed by atoms with Crippen molar-refractivity contribution in [3.63, 3.8) is 0 Å². The molecule has 1 amide bonds. The van der Waals surface area contributed by atoms with E-state index in [0.717, 1.165) is 24.1 Å². The topological polar surface area (TPSA) is 42.0 Å². The van der Waals surface area contributed by atoms with E-state index in [9.17, 15) is 4.79 Å². The largest absolute Gasteiger partial charge is 0.302 e. The van der Waals surface area contributed by atoms with Crippen molar-refractivity contribution in [3.05, 3.63) is 34.7 Å². The molecule has 0 bridgehead atoms. The number of carbonyl (C=O) groups excluding carboxylic acids is 1. The van der Waals surface area contributed by atoms with Crippen molar-refractivity contribution in [1.82, 2.24) is 4.98 Å². The zero-order chi connectivity index (χ0) is 14.5. The van der Waals surface area contributed by atoms with E-state index in [1.807, 2.05) is 5.38 Å². The van der Waals surface area contributed by atoms with Crippen LogP contribution in [0, 0.1) is 13.8 Å². The van der Waals surface area contributed by atoms with E-state index >= 15 is 0 Å². The van der Waals surface area contributed by atoms with Gasteiger partial charge in [0.1, 0.15) is 0 Å². The number of nitrogens with zero attached hydrogens (tertiary/aromatic N) is 1. The summed E-state index contributed by atoms with van der Waals surface area (Å²) in [5, 5.41) is 5.54. The number of hydrogen-bond donors (Lipinski definition) is 1. The predicted octanol–water partition coefficient (Wildman–Crippen LogP) is 4.56. The third kappa shape index (κ3) is 3.67. The number of aromatic nitrogens is 1. The van der Waals surface area contributed by atoms with E-state index in [4.69, 9.17) is 0 Å². The molecular weight excluding hydrogens is 268 g/mol. The monoisotopic (exact) mass is 288 g/mol. The number of rotatable bonds is 5. The van der Waals surface area contributed by atoms with Crippen LogP contribution in [0.15, 0.2) is 23.6 Å².